The molecule has 2 saturated carbocycles. The van der Waals surface area contributed by atoms with Gasteiger partial charge in [0.05, 0.1) is 11.2 Å². The number of nitrogens with zero attached hydrogens (tertiary/aromatic N) is 4. The van der Waals surface area contributed by atoms with Crippen LogP contribution in [0.3, 0.4) is 0 Å². The Morgan fingerprint density at radius 3 is 2.61 bits per heavy atom. The van der Waals surface area contributed by atoms with Gasteiger partial charge in [0.25, 0.3) is 0 Å². The SMILES string of the molecule is Nc1nc(N2CCC3(CC2)C2CC2C[C@H]3N)cnc1Sc1ccnc(N)c1Cl. The van der Waals surface area contributed by atoms with Crippen LogP contribution in [0.1, 0.15) is 25.7 Å². The van der Waals surface area contributed by atoms with E-state index in [4.69, 9.17) is 28.8 Å². The van der Waals surface area contributed by atoms with Crippen molar-refractivity contribution in [2.24, 2.45) is 23.0 Å². The first-order valence-corrected chi connectivity index (χ1v) is 10.9. The zero-order valence-corrected chi connectivity index (χ0v) is 17.1. The summed E-state index contributed by atoms with van der Waals surface area (Å²) < 4.78 is 0. The predicted octanol–water partition coefficient (Wildman–Crippen LogP) is 2.79. The van der Waals surface area contributed by atoms with Gasteiger partial charge < -0.3 is 22.1 Å². The molecule has 28 heavy (non-hydrogen) atoms. The van der Waals surface area contributed by atoms with Crippen LogP contribution in [0.4, 0.5) is 17.5 Å². The van der Waals surface area contributed by atoms with Crippen LogP contribution in [0.2, 0.25) is 5.02 Å². The lowest BCUT2D eigenvalue weighted by Crippen LogP contribution is -2.49. The summed E-state index contributed by atoms with van der Waals surface area (Å²) in [6.07, 6.45) is 8.28. The molecule has 1 aliphatic heterocycles. The molecule has 7 nitrogen and oxygen atoms in total. The summed E-state index contributed by atoms with van der Waals surface area (Å²) in [6, 6.07) is 2.16. The van der Waals surface area contributed by atoms with Gasteiger partial charge in [-0.1, -0.05) is 23.4 Å². The van der Waals surface area contributed by atoms with Gasteiger partial charge in [-0.25, -0.2) is 15.0 Å². The Hall–Kier alpha value is -1.77. The molecule has 3 atom stereocenters. The van der Waals surface area contributed by atoms with Crippen LogP contribution in [0.25, 0.3) is 0 Å². The molecule has 0 amide bonds. The summed E-state index contributed by atoms with van der Waals surface area (Å²) in [5.74, 6) is 3.27. The van der Waals surface area contributed by atoms with E-state index >= 15 is 0 Å². The number of pyridine rings is 1. The second kappa shape index (κ2) is 6.64. The third-order valence-corrected chi connectivity index (χ3v) is 8.39. The zero-order valence-electron chi connectivity index (χ0n) is 15.5. The summed E-state index contributed by atoms with van der Waals surface area (Å²) in [4.78, 5) is 16.2. The van der Waals surface area contributed by atoms with Crippen molar-refractivity contribution in [2.45, 2.75) is 41.6 Å². The molecule has 2 aromatic rings. The highest BCUT2D eigenvalue weighted by Crippen LogP contribution is 2.65. The van der Waals surface area contributed by atoms with Gasteiger partial charge in [-0.05, 0) is 49.0 Å². The lowest BCUT2D eigenvalue weighted by atomic mass is 9.71. The minimum atomic E-state index is 0.292. The minimum Gasteiger partial charge on any atom is -0.382 e. The number of nitrogens with two attached hydrogens (primary N) is 3. The molecule has 2 aliphatic carbocycles. The third-order valence-electron chi connectivity index (χ3n) is 6.81. The van der Waals surface area contributed by atoms with Gasteiger partial charge in [0.15, 0.2) is 5.82 Å². The van der Waals surface area contributed by atoms with Gasteiger partial charge in [0, 0.05) is 30.2 Å². The molecule has 2 unspecified atom stereocenters. The zero-order chi connectivity index (χ0) is 19.5. The fourth-order valence-corrected chi connectivity index (χ4v) is 6.19. The van der Waals surface area contributed by atoms with Crippen molar-refractivity contribution in [1.82, 2.24) is 15.0 Å². The van der Waals surface area contributed by atoms with Crippen LogP contribution >= 0.6 is 23.4 Å². The molecule has 0 radical (unpaired) electrons. The van der Waals surface area contributed by atoms with Gasteiger partial charge in [-0.2, -0.15) is 0 Å². The number of rotatable bonds is 3. The Labute approximate surface area is 173 Å². The summed E-state index contributed by atoms with van der Waals surface area (Å²) in [5.41, 5.74) is 18.8. The van der Waals surface area contributed by atoms with Gasteiger partial charge >= 0.3 is 0 Å². The van der Waals surface area contributed by atoms with Crippen molar-refractivity contribution in [1.29, 1.82) is 0 Å². The Morgan fingerprint density at radius 2 is 1.93 bits per heavy atom. The molecular formula is C19H24ClN7S. The molecule has 2 aromatic heterocycles. The number of hydrogen-bond acceptors (Lipinski definition) is 8. The molecule has 148 valence electrons. The lowest BCUT2D eigenvalue weighted by molar-refractivity contribution is 0.161. The number of halogens is 1. The summed E-state index contributed by atoms with van der Waals surface area (Å²) >= 11 is 7.57. The lowest BCUT2D eigenvalue weighted by Gasteiger charge is -2.44. The van der Waals surface area contributed by atoms with E-state index in [9.17, 15) is 0 Å². The maximum Gasteiger partial charge on any atom is 0.158 e. The molecule has 1 spiro atoms. The van der Waals surface area contributed by atoms with Crippen molar-refractivity contribution in [3.63, 3.8) is 0 Å². The summed E-state index contributed by atoms with van der Waals surface area (Å²) in [6.45, 7) is 1.93. The van der Waals surface area contributed by atoms with Crippen molar-refractivity contribution < 1.29 is 0 Å². The van der Waals surface area contributed by atoms with Crippen LogP contribution in [0.5, 0.6) is 0 Å². The molecular weight excluding hydrogens is 394 g/mol. The van der Waals surface area contributed by atoms with Gasteiger partial charge in [-0.3, -0.25) is 0 Å². The van der Waals surface area contributed by atoms with E-state index in [0.717, 1.165) is 48.5 Å². The number of aromatic nitrogens is 3. The van der Waals surface area contributed by atoms with E-state index in [1.165, 1.54) is 24.6 Å². The van der Waals surface area contributed by atoms with Gasteiger partial charge in [0.1, 0.15) is 16.7 Å². The topological polar surface area (TPSA) is 120 Å². The number of nitrogen functional groups attached to an aromatic ring is 2. The fourth-order valence-electron chi connectivity index (χ4n) is 5.18. The number of hydrogen-bond donors (Lipinski definition) is 3. The van der Waals surface area contributed by atoms with Crippen molar-refractivity contribution in [2.75, 3.05) is 29.5 Å². The van der Waals surface area contributed by atoms with E-state index in [1.54, 1.807) is 18.5 Å². The van der Waals surface area contributed by atoms with Crippen molar-refractivity contribution >= 4 is 40.8 Å². The van der Waals surface area contributed by atoms with E-state index < -0.39 is 0 Å². The largest absolute Gasteiger partial charge is 0.382 e. The molecule has 3 fully saturated rings. The van der Waals surface area contributed by atoms with E-state index in [-0.39, 0.29) is 0 Å². The molecule has 5 rings (SSSR count). The molecule has 1 saturated heterocycles. The Bertz CT molecular complexity index is 911. The minimum absolute atomic E-state index is 0.292. The smallest absolute Gasteiger partial charge is 0.158 e. The molecule has 3 heterocycles. The van der Waals surface area contributed by atoms with Crippen LogP contribution in [0, 0.1) is 17.3 Å². The third kappa shape index (κ3) is 2.89. The second-order valence-corrected chi connectivity index (χ2v) is 9.60. The fraction of sp³-hybridized carbons (Fsp3) is 0.526. The van der Waals surface area contributed by atoms with Gasteiger partial charge in [0.2, 0.25) is 0 Å². The monoisotopic (exact) mass is 417 g/mol. The summed E-state index contributed by atoms with van der Waals surface area (Å²) in [5, 5.41) is 1.02. The normalized spacial score (nSPS) is 27.8. The molecule has 9 heteroatoms. The standard InChI is InChI=1S/C19H24ClN7S/c20-15-12(1-4-24-16(15)22)28-18-17(23)26-14(9-25-18)27-5-2-19(3-6-27)11-7-10(11)8-13(19)21/h1,4,9-11,13H,2-3,5-8,21H2,(H2,22,24)(H2,23,26)/t10?,11?,13-/m1/s1. The van der Waals surface area contributed by atoms with Crippen LogP contribution in [-0.2, 0) is 0 Å². The maximum atomic E-state index is 6.50. The maximum absolute atomic E-state index is 6.50. The average molecular weight is 418 g/mol. The molecule has 6 N–H and O–H groups in total. The number of anilines is 3. The molecule has 0 aromatic carbocycles. The highest BCUT2D eigenvalue weighted by Gasteiger charge is 2.61. The predicted molar refractivity (Wildman–Crippen MR) is 112 cm³/mol. The van der Waals surface area contributed by atoms with Crippen LogP contribution in [0.15, 0.2) is 28.4 Å². The van der Waals surface area contributed by atoms with Crippen molar-refractivity contribution in [3.8, 4) is 0 Å². The summed E-state index contributed by atoms with van der Waals surface area (Å²) in [7, 11) is 0. The first kappa shape index (κ1) is 18.3. The Morgan fingerprint density at radius 1 is 1.14 bits per heavy atom. The number of fused-ring (bicyclic) bond motifs is 2. The highest BCUT2D eigenvalue weighted by atomic mass is 35.5. The molecule has 3 aliphatic rings. The second-order valence-electron chi connectivity index (χ2n) is 8.19. The molecule has 0 bridgehead atoms. The van der Waals surface area contributed by atoms with Crippen molar-refractivity contribution in [3.05, 3.63) is 23.5 Å². The van der Waals surface area contributed by atoms with Gasteiger partial charge in [-0.15, -0.1) is 0 Å². The van der Waals surface area contributed by atoms with E-state index in [2.05, 4.69) is 19.9 Å². The van der Waals surface area contributed by atoms with Crippen LogP contribution in [-0.4, -0.2) is 34.1 Å². The average Bonchev–Trinajstić information content (AvgIpc) is 3.41. The Balaban J connectivity index is 1.30. The Kier molecular flexibility index (Phi) is 4.33. The van der Waals surface area contributed by atoms with Crippen LogP contribution < -0.4 is 22.1 Å². The highest BCUT2D eigenvalue weighted by molar-refractivity contribution is 7.99. The number of piperidine rings is 1. The first-order chi connectivity index (χ1) is 13.5. The van der Waals surface area contributed by atoms with E-state index in [0.29, 0.717) is 33.1 Å². The quantitative estimate of drug-likeness (QED) is 0.697. The first-order valence-electron chi connectivity index (χ1n) is 9.69. The van der Waals surface area contributed by atoms with E-state index in [1.807, 2.05) is 0 Å².